The monoisotopic (exact) mass is 1590 g/mol. The van der Waals surface area contributed by atoms with E-state index in [-0.39, 0.29) is 19.3 Å². The summed E-state index contributed by atoms with van der Waals surface area (Å²) in [5.41, 5.74) is 0. The van der Waals surface area contributed by atoms with Crippen molar-refractivity contribution < 1.29 is 75.8 Å². The van der Waals surface area contributed by atoms with E-state index in [4.69, 9.17) is 32.3 Å². The molecular weight excluding hydrogens is 1430 g/mol. The summed E-state index contributed by atoms with van der Waals surface area (Å²) in [6.45, 7) is 2.42. The average Bonchev–Trinajstić information content (AvgIpc) is 0.812. The number of carbonyl (C=O) groups is 3. The molecule has 0 aromatic rings. The van der Waals surface area contributed by atoms with E-state index in [1.165, 1.54) is 83.5 Å². The normalized spacial score (nSPS) is 14.7. The van der Waals surface area contributed by atoms with E-state index in [9.17, 15) is 43.5 Å². The summed E-state index contributed by atoms with van der Waals surface area (Å²) in [6.07, 6.45) is 108. The minimum atomic E-state index is -4.95. The molecule has 111 heavy (non-hydrogen) atoms. The Balaban J connectivity index is 4.63. The molecule has 634 valence electrons. The van der Waals surface area contributed by atoms with E-state index in [1.54, 1.807) is 0 Å². The van der Waals surface area contributed by atoms with Crippen molar-refractivity contribution in [2.45, 2.75) is 360 Å². The van der Waals surface area contributed by atoms with E-state index in [2.05, 4.69) is 191 Å². The van der Waals surface area contributed by atoms with Crippen LogP contribution in [0.2, 0.25) is 0 Å². The number of ether oxygens (including phenoxy) is 3. The summed E-state index contributed by atoms with van der Waals surface area (Å²) in [7, 11) is -9.82. The Hall–Kier alpha value is -5.09. The highest BCUT2D eigenvalue weighted by Gasteiger charge is 2.29. The van der Waals surface area contributed by atoms with Crippen LogP contribution in [0.25, 0.3) is 0 Å². The van der Waals surface area contributed by atoms with E-state index in [1.807, 2.05) is 0 Å². The number of hydrogen-bond donors (Lipinski definition) is 4. The van der Waals surface area contributed by atoms with Gasteiger partial charge in [-0.2, -0.15) is 0 Å². The van der Waals surface area contributed by atoms with E-state index in [0.29, 0.717) is 19.3 Å². The summed E-state index contributed by atoms with van der Waals surface area (Å²) in [5.74, 6) is -1.60. The van der Waals surface area contributed by atoms with Crippen LogP contribution in [0.3, 0.4) is 0 Å². The molecule has 16 nitrogen and oxygen atoms in total. The maximum atomic E-state index is 13.0. The van der Waals surface area contributed by atoms with Gasteiger partial charge in [-0.1, -0.05) is 339 Å². The number of hydrogen-bond acceptors (Lipinski definition) is 14. The molecule has 5 unspecified atom stereocenters. The molecule has 0 aromatic heterocycles. The highest BCUT2D eigenvalue weighted by molar-refractivity contribution is 7.47. The van der Waals surface area contributed by atoms with E-state index in [0.717, 1.165) is 199 Å². The Labute approximate surface area is 675 Å². The Kier molecular flexibility index (Phi) is 80.4. The largest absolute Gasteiger partial charge is 0.472 e. The van der Waals surface area contributed by atoms with Crippen molar-refractivity contribution in [2.75, 3.05) is 39.6 Å². The lowest BCUT2D eigenvalue weighted by atomic mass is 10.0. The van der Waals surface area contributed by atoms with Crippen molar-refractivity contribution in [1.29, 1.82) is 0 Å². The van der Waals surface area contributed by atoms with E-state index >= 15 is 0 Å². The molecule has 0 radical (unpaired) electrons. The van der Waals surface area contributed by atoms with Gasteiger partial charge in [-0.15, -0.1) is 0 Å². The zero-order valence-corrected chi connectivity index (χ0v) is 71.4. The SMILES string of the molecule is CC/C=C\C/C=C\C/C=C\C/C=C\C/C=C\C/C=C\CCCCCCCCCCC(=O)OCC(COP(=O)(O)OCC(O)COP(=O)(O)OCC(O)COC(=O)CCCCCCCCCCCCCCC/C=C\C/C=C\C/C=C\C/C=C\C/C=C\CC)OC(=O)CCCCCCCC/C=C\C/C=C\C/C=C\CCCCC. The van der Waals surface area contributed by atoms with Crippen molar-refractivity contribution in [3.8, 4) is 0 Å². The summed E-state index contributed by atoms with van der Waals surface area (Å²) in [4.78, 5) is 58.9. The van der Waals surface area contributed by atoms with Crippen LogP contribution in [0.15, 0.2) is 170 Å². The summed E-state index contributed by atoms with van der Waals surface area (Å²) in [6, 6.07) is 0. The van der Waals surface area contributed by atoms with Gasteiger partial charge < -0.3 is 34.2 Å². The number of carbonyl (C=O) groups excluding carboxylic acids is 3. The van der Waals surface area contributed by atoms with Crippen LogP contribution in [0.4, 0.5) is 0 Å². The molecule has 0 spiro atoms. The third kappa shape index (κ3) is 85.6. The van der Waals surface area contributed by atoms with Crippen LogP contribution in [-0.4, -0.2) is 95.9 Å². The standard InChI is InChI=1S/C93H156O16P2/c1-4-7-10-13-16-19-22-25-28-31-34-36-38-40-42-43-45-47-48-50-53-55-58-61-64-67-70-73-76-79-91(96)103-82-88(94)83-105-110(99,100)106-84-89(95)85-107-111(101,102)108-87-90(109-93(98)81-78-75-72-69-66-63-60-57-52-33-30-27-24-21-18-15-12-9-6-3)86-104-92(97)80-77-74-71-68-65-62-59-56-54-51-49-46-44-41-39-37-35-32-29-26-23-20-17-14-11-8-5-2/h7-8,10-11,16-21,25-30,34-37,40-42,44,49,51-52,57,88-90,94-95H,4-6,9,12-15,22-24,31-33,38-39,43,45-48,50,53-56,58-87H2,1-3H3,(H,99,100)(H,101,102)/b10-7-,11-8-,19-16-,20-17-,21-18-,28-25-,29-26-,30-27-,36-34-,37-35-,42-40-,44-41-,51-49-,57-52-. The molecule has 4 N–H and O–H groups in total. The van der Waals surface area contributed by atoms with Crippen LogP contribution in [0, 0.1) is 0 Å². The van der Waals surface area contributed by atoms with E-state index < -0.39 is 91.5 Å². The fourth-order valence-corrected chi connectivity index (χ4v) is 13.0. The number of esters is 3. The molecule has 0 saturated carbocycles. The zero-order chi connectivity index (χ0) is 80.8. The van der Waals surface area contributed by atoms with Crippen molar-refractivity contribution in [2.24, 2.45) is 0 Å². The molecule has 0 aromatic carbocycles. The molecule has 0 heterocycles. The smallest absolute Gasteiger partial charge is 0.463 e. The molecular formula is C93H156O16P2. The van der Waals surface area contributed by atoms with Crippen LogP contribution in [0.1, 0.15) is 342 Å². The quantitative estimate of drug-likeness (QED) is 0.0146. The summed E-state index contributed by atoms with van der Waals surface area (Å²) in [5, 5.41) is 20.7. The minimum Gasteiger partial charge on any atom is -0.463 e. The van der Waals surface area contributed by atoms with Gasteiger partial charge in [0.2, 0.25) is 0 Å². The van der Waals surface area contributed by atoms with Crippen molar-refractivity contribution in [3.05, 3.63) is 170 Å². The molecule has 0 rings (SSSR count). The first-order valence-electron chi connectivity index (χ1n) is 43.4. The number of aliphatic hydroxyl groups is 2. The lowest BCUT2D eigenvalue weighted by Crippen LogP contribution is -2.30. The Morgan fingerprint density at radius 1 is 0.261 bits per heavy atom. The van der Waals surface area contributed by atoms with Crippen LogP contribution >= 0.6 is 15.6 Å². The predicted octanol–water partition coefficient (Wildman–Crippen LogP) is 26.3. The molecule has 0 aliphatic heterocycles. The second-order valence-electron chi connectivity index (χ2n) is 28.6. The van der Waals surface area contributed by atoms with Crippen molar-refractivity contribution >= 4 is 33.6 Å². The van der Waals surface area contributed by atoms with Gasteiger partial charge in [-0.3, -0.25) is 32.5 Å². The highest BCUT2D eigenvalue weighted by Crippen LogP contribution is 2.45. The average molecular weight is 1590 g/mol. The third-order valence-corrected chi connectivity index (χ3v) is 19.8. The lowest BCUT2D eigenvalue weighted by molar-refractivity contribution is -0.161. The lowest BCUT2D eigenvalue weighted by Gasteiger charge is -2.21. The second-order valence-corrected chi connectivity index (χ2v) is 31.5. The first-order chi connectivity index (χ1) is 54.2. The van der Waals surface area contributed by atoms with Gasteiger partial charge in [-0.25, -0.2) is 9.13 Å². The van der Waals surface area contributed by atoms with Gasteiger partial charge >= 0.3 is 33.6 Å². The molecule has 0 bridgehead atoms. The fourth-order valence-electron chi connectivity index (χ4n) is 11.4. The third-order valence-electron chi connectivity index (χ3n) is 17.9. The van der Waals surface area contributed by atoms with Crippen LogP contribution in [0.5, 0.6) is 0 Å². The number of unbranched alkanes of at least 4 members (excludes halogenated alkanes) is 30. The number of rotatable bonds is 81. The molecule has 0 saturated heterocycles. The Morgan fingerprint density at radius 3 is 0.757 bits per heavy atom. The Morgan fingerprint density at radius 2 is 0.477 bits per heavy atom. The first kappa shape index (κ1) is 106. The van der Waals surface area contributed by atoms with Gasteiger partial charge in [0, 0.05) is 19.3 Å². The fraction of sp³-hybridized carbons (Fsp3) is 0.667. The van der Waals surface area contributed by atoms with Crippen LogP contribution < -0.4 is 0 Å². The number of allylic oxidation sites excluding steroid dienone is 28. The topological polar surface area (TPSA) is 231 Å². The number of phosphoric ester groups is 2. The maximum Gasteiger partial charge on any atom is 0.472 e. The second kappa shape index (κ2) is 84.3. The number of phosphoric acid groups is 2. The van der Waals surface area contributed by atoms with Crippen molar-refractivity contribution in [1.82, 2.24) is 0 Å². The minimum absolute atomic E-state index is 0.0833. The molecule has 5 atom stereocenters. The molecule has 18 heteroatoms. The Bertz CT molecular complexity index is 2700. The molecule has 0 aliphatic rings. The molecule has 0 fully saturated rings. The van der Waals surface area contributed by atoms with Gasteiger partial charge in [-0.05, 0) is 154 Å². The molecule has 0 aliphatic carbocycles. The van der Waals surface area contributed by atoms with Gasteiger partial charge in [0.1, 0.15) is 25.4 Å². The van der Waals surface area contributed by atoms with Gasteiger partial charge in [0.25, 0.3) is 0 Å². The first-order valence-corrected chi connectivity index (χ1v) is 46.4. The zero-order valence-electron chi connectivity index (χ0n) is 69.6. The van der Waals surface area contributed by atoms with Crippen LogP contribution in [-0.2, 0) is 55.8 Å². The van der Waals surface area contributed by atoms with Crippen molar-refractivity contribution in [3.63, 3.8) is 0 Å². The summed E-state index contributed by atoms with van der Waals surface area (Å²) >= 11 is 0. The molecule has 0 amide bonds. The number of aliphatic hydroxyl groups excluding tert-OH is 2. The van der Waals surface area contributed by atoms with Gasteiger partial charge in [0.05, 0.1) is 26.4 Å². The summed E-state index contributed by atoms with van der Waals surface area (Å²) < 4.78 is 61.4. The highest BCUT2D eigenvalue weighted by atomic mass is 31.2. The maximum absolute atomic E-state index is 13.0. The van der Waals surface area contributed by atoms with Gasteiger partial charge in [0.15, 0.2) is 6.10 Å². The predicted molar refractivity (Wildman–Crippen MR) is 463 cm³/mol.